The fraction of sp³-hybridized carbons (Fsp3) is 0.387. The molecule has 1 aliphatic heterocycles. The second kappa shape index (κ2) is 11.8. The number of rotatable bonds is 6. The smallest absolute Gasteiger partial charge is 0.284 e. The zero-order chi connectivity index (χ0) is 29.2. The molecule has 1 amide bonds. The van der Waals surface area contributed by atoms with E-state index >= 15 is 0 Å². The maximum absolute atomic E-state index is 13.3. The van der Waals surface area contributed by atoms with Gasteiger partial charge in [-0.1, -0.05) is 18.2 Å². The molecule has 0 atom stereocenters. The predicted molar refractivity (Wildman–Crippen MR) is 161 cm³/mol. The lowest BCUT2D eigenvalue weighted by molar-refractivity contribution is 0.0923. The van der Waals surface area contributed by atoms with Crippen molar-refractivity contribution in [3.63, 3.8) is 0 Å². The summed E-state index contributed by atoms with van der Waals surface area (Å²) in [4.78, 5) is 42.8. The Labute approximate surface area is 244 Å². The van der Waals surface area contributed by atoms with Gasteiger partial charge >= 0.3 is 0 Å². The second-order valence-corrected chi connectivity index (χ2v) is 11.0. The number of carbonyl (C=O) groups is 1. The SMILES string of the molecule is Cc1c(C(=O)NC2CCC(c3nc(-c4ccnc(N5CCOCC5)c4)cnc3N)CC2)c(=O)n(-c2ccccc2)n1C. The highest BCUT2D eigenvalue weighted by Gasteiger charge is 2.29. The Balaban J connectivity index is 1.14. The van der Waals surface area contributed by atoms with Gasteiger partial charge in [-0.05, 0) is 56.9 Å². The van der Waals surface area contributed by atoms with Crippen molar-refractivity contribution in [2.24, 2.45) is 7.05 Å². The minimum Gasteiger partial charge on any atom is -0.382 e. The molecule has 4 aromatic rings. The molecule has 1 aromatic carbocycles. The van der Waals surface area contributed by atoms with Gasteiger partial charge in [-0.3, -0.25) is 14.3 Å². The van der Waals surface area contributed by atoms with Gasteiger partial charge in [0.15, 0.2) is 0 Å². The third kappa shape index (κ3) is 5.39. The Kier molecular flexibility index (Phi) is 7.75. The summed E-state index contributed by atoms with van der Waals surface area (Å²) < 4.78 is 8.73. The molecule has 11 nitrogen and oxygen atoms in total. The minimum absolute atomic E-state index is 0.0356. The molecule has 3 N–H and O–H groups in total. The quantitative estimate of drug-likeness (QED) is 0.362. The van der Waals surface area contributed by atoms with Crippen LogP contribution >= 0.6 is 0 Å². The van der Waals surface area contributed by atoms with Crippen molar-refractivity contribution in [3.05, 3.63) is 82.2 Å². The van der Waals surface area contributed by atoms with Crippen LogP contribution in [0.5, 0.6) is 0 Å². The van der Waals surface area contributed by atoms with Crippen LogP contribution in [-0.4, -0.2) is 62.6 Å². The highest BCUT2D eigenvalue weighted by atomic mass is 16.5. The van der Waals surface area contributed by atoms with Crippen LogP contribution in [0.2, 0.25) is 0 Å². The van der Waals surface area contributed by atoms with E-state index in [2.05, 4.69) is 20.2 Å². The number of hydrogen-bond acceptors (Lipinski definition) is 8. The van der Waals surface area contributed by atoms with Crippen LogP contribution in [0.4, 0.5) is 11.6 Å². The molecule has 42 heavy (non-hydrogen) atoms. The van der Waals surface area contributed by atoms with E-state index in [0.717, 1.165) is 67.2 Å². The zero-order valence-corrected chi connectivity index (χ0v) is 24.0. The molecule has 2 fully saturated rings. The van der Waals surface area contributed by atoms with Gasteiger partial charge in [-0.25, -0.2) is 19.6 Å². The van der Waals surface area contributed by atoms with Crippen molar-refractivity contribution in [1.82, 2.24) is 29.6 Å². The molecule has 0 bridgehead atoms. The number of para-hydroxylation sites is 1. The third-order valence-electron chi connectivity index (χ3n) is 8.44. The summed E-state index contributed by atoms with van der Waals surface area (Å²) in [5.74, 6) is 1.15. The molecule has 4 heterocycles. The first-order chi connectivity index (χ1) is 20.4. The van der Waals surface area contributed by atoms with Crippen LogP contribution in [0, 0.1) is 6.92 Å². The Morgan fingerprint density at radius 3 is 2.52 bits per heavy atom. The van der Waals surface area contributed by atoms with Crippen LogP contribution in [-0.2, 0) is 11.8 Å². The molecule has 0 unspecified atom stereocenters. The molecule has 6 rings (SSSR count). The van der Waals surface area contributed by atoms with Crippen molar-refractivity contribution in [3.8, 4) is 16.9 Å². The summed E-state index contributed by atoms with van der Waals surface area (Å²) in [5.41, 5.74) is 10.0. The number of nitrogens with zero attached hydrogens (tertiary/aromatic N) is 6. The summed E-state index contributed by atoms with van der Waals surface area (Å²) in [7, 11) is 1.79. The molecule has 11 heteroatoms. The van der Waals surface area contributed by atoms with Gasteiger partial charge in [0.1, 0.15) is 17.2 Å². The first-order valence-electron chi connectivity index (χ1n) is 14.5. The number of pyridine rings is 1. The molecule has 3 aromatic heterocycles. The van der Waals surface area contributed by atoms with Crippen molar-refractivity contribution in [1.29, 1.82) is 0 Å². The normalized spacial score (nSPS) is 19.0. The first kappa shape index (κ1) is 27.6. The Morgan fingerprint density at radius 2 is 1.79 bits per heavy atom. The zero-order valence-electron chi connectivity index (χ0n) is 24.0. The number of morpholine rings is 1. The number of aromatic nitrogens is 5. The van der Waals surface area contributed by atoms with E-state index in [1.54, 1.807) is 31.0 Å². The van der Waals surface area contributed by atoms with Gasteiger partial charge in [0, 0.05) is 43.9 Å². The van der Waals surface area contributed by atoms with E-state index in [1.807, 2.05) is 42.5 Å². The Morgan fingerprint density at radius 1 is 1.05 bits per heavy atom. The van der Waals surface area contributed by atoms with E-state index in [9.17, 15) is 9.59 Å². The maximum atomic E-state index is 13.3. The van der Waals surface area contributed by atoms with Crippen LogP contribution in [0.15, 0.2) is 59.7 Å². The molecule has 0 spiro atoms. The van der Waals surface area contributed by atoms with E-state index in [-0.39, 0.29) is 29.0 Å². The highest BCUT2D eigenvalue weighted by molar-refractivity contribution is 5.95. The van der Waals surface area contributed by atoms with Gasteiger partial charge in [-0.2, -0.15) is 0 Å². The second-order valence-electron chi connectivity index (χ2n) is 11.0. The van der Waals surface area contributed by atoms with Crippen molar-refractivity contribution in [2.45, 2.75) is 44.6 Å². The van der Waals surface area contributed by atoms with Crippen LogP contribution in [0.1, 0.15) is 53.3 Å². The van der Waals surface area contributed by atoms with Crippen LogP contribution in [0.25, 0.3) is 16.9 Å². The Bertz CT molecular complexity index is 1630. The van der Waals surface area contributed by atoms with Crippen molar-refractivity contribution < 1.29 is 9.53 Å². The number of anilines is 2. The number of amides is 1. The molecule has 1 saturated heterocycles. The lowest BCUT2D eigenvalue weighted by Gasteiger charge is -2.29. The monoisotopic (exact) mass is 568 g/mol. The minimum atomic E-state index is -0.332. The van der Waals surface area contributed by atoms with E-state index in [0.29, 0.717) is 24.7 Å². The number of hydrogen-bond donors (Lipinski definition) is 2. The molecule has 2 aliphatic rings. The predicted octanol–water partition coefficient (Wildman–Crippen LogP) is 3.21. The number of nitrogens with one attached hydrogen (secondary N) is 1. The van der Waals surface area contributed by atoms with Gasteiger partial charge < -0.3 is 20.7 Å². The number of carbonyl (C=O) groups excluding carboxylic acids is 1. The highest BCUT2D eigenvalue weighted by Crippen LogP contribution is 2.35. The van der Waals surface area contributed by atoms with Gasteiger partial charge in [-0.15, -0.1) is 0 Å². The van der Waals surface area contributed by atoms with E-state index in [1.165, 1.54) is 4.68 Å². The number of benzene rings is 1. The van der Waals surface area contributed by atoms with Gasteiger partial charge in [0.25, 0.3) is 11.5 Å². The standard InChI is InChI=1S/C31H36N8O3/c1-20-27(31(41)39(37(20)2)24-6-4-3-5-7-24)30(40)35-23-10-8-21(9-11-23)28-29(32)34-19-25(36-28)22-12-13-33-26(18-22)38-14-16-42-17-15-38/h3-7,12-13,18-19,21,23H,8-11,14-17H2,1-2H3,(H2,32,34)(H,35,40). The number of ether oxygens (including phenoxy) is 1. The summed E-state index contributed by atoms with van der Waals surface area (Å²) in [6, 6.07) is 13.3. The summed E-state index contributed by atoms with van der Waals surface area (Å²) in [6.07, 6.45) is 6.66. The van der Waals surface area contributed by atoms with Gasteiger partial charge in [0.2, 0.25) is 0 Å². The lowest BCUT2D eigenvalue weighted by atomic mass is 9.83. The number of nitrogens with two attached hydrogens (primary N) is 1. The summed E-state index contributed by atoms with van der Waals surface area (Å²) >= 11 is 0. The topological polar surface area (TPSA) is 133 Å². The Hall–Kier alpha value is -4.51. The average Bonchev–Trinajstić information content (AvgIpc) is 3.25. The first-order valence-corrected chi connectivity index (χ1v) is 14.5. The summed E-state index contributed by atoms with van der Waals surface area (Å²) in [5, 5.41) is 3.12. The average molecular weight is 569 g/mol. The van der Waals surface area contributed by atoms with Gasteiger partial charge in [0.05, 0.1) is 42.2 Å². The molecular weight excluding hydrogens is 532 g/mol. The number of nitrogen functional groups attached to an aromatic ring is 1. The van der Waals surface area contributed by atoms with Crippen LogP contribution < -0.4 is 21.5 Å². The molecule has 1 saturated carbocycles. The molecule has 1 aliphatic carbocycles. The largest absolute Gasteiger partial charge is 0.382 e. The van der Waals surface area contributed by atoms with E-state index < -0.39 is 0 Å². The lowest BCUT2D eigenvalue weighted by Crippen LogP contribution is -2.39. The van der Waals surface area contributed by atoms with Crippen molar-refractivity contribution >= 4 is 17.5 Å². The van der Waals surface area contributed by atoms with Crippen LogP contribution in [0.3, 0.4) is 0 Å². The van der Waals surface area contributed by atoms with E-state index in [4.69, 9.17) is 15.5 Å². The fourth-order valence-corrected chi connectivity index (χ4v) is 5.99. The third-order valence-corrected chi connectivity index (χ3v) is 8.44. The van der Waals surface area contributed by atoms with Crippen molar-refractivity contribution in [2.75, 3.05) is 36.9 Å². The maximum Gasteiger partial charge on any atom is 0.284 e. The summed E-state index contributed by atoms with van der Waals surface area (Å²) in [6.45, 7) is 4.80. The molecule has 0 radical (unpaired) electrons. The molecule has 218 valence electrons. The fourth-order valence-electron chi connectivity index (χ4n) is 5.99. The molecular formula is C31H36N8O3.